The zero-order valence-corrected chi connectivity index (χ0v) is 14.1. The molecule has 0 unspecified atom stereocenters. The number of amides is 2. The van der Waals surface area contributed by atoms with Gasteiger partial charge in [-0.25, -0.2) is 0 Å². The smallest absolute Gasteiger partial charge is 0.269 e. The summed E-state index contributed by atoms with van der Waals surface area (Å²) in [5, 5.41) is 9.58. The Morgan fingerprint density at radius 3 is 2.75 bits per heavy atom. The molecule has 7 heteroatoms. The number of aryl methyl sites for hydroxylation is 2. The van der Waals surface area contributed by atoms with Gasteiger partial charge in [0, 0.05) is 13.1 Å². The van der Waals surface area contributed by atoms with E-state index in [4.69, 9.17) is 4.74 Å². The van der Waals surface area contributed by atoms with Crippen molar-refractivity contribution in [1.82, 2.24) is 20.4 Å². The van der Waals surface area contributed by atoms with Crippen LogP contribution in [0.5, 0.6) is 5.75 Å². The average Bonchev–Trinajstić information content (AvgIpc) is 2.99. The molecule has 0 saturated carbocycles. The standard InChI is InChI=1S/C17H22N4O3/c1-4-21-15(8-12(2)20-21)17(23)19-11-16(22)18-10-13-6-5-7-14(9-13)24-3/h5-9H,4,10-11H2,1-3H3,(H,18,22)(H,19,23). The number of nitrogens with one attached hydrogen (secondary N) is 2. The maximum absolute atomic E-state index is 12.1. The van der Waals surface area contributed by atoms with Crippen LogP contribution in [0.1, 0.15) is 28.7 Å². The summed E-state index contributed by atoms with van der Waals surface area (Å²) >= 11 is 0. The quantitative estimate of drug-likeness (QED) is 0.800. The second-order valence-electron chi connectivity index (χ2n) is 5.30. The van der Waals surface area contributed by atoms with Crippen molar-refractivity contribution in [2.24, 2.45) is 0 Å². The van der Waals surface area contributed by atoms with Gasteiger partial charge in [-0.3, -0.25) is 14.3 Å². The maximum Gasteiger partial charge on any atom is 0.269 e. The number of ether oxygens (including phenoxy) is 1. The molecule has 128 valence electrons. The molecule has 2 N–H and O–H groups in total. The predicted molar refractivity (Wildman–Crippen MR) is 89.8 cm³/mol. The minimum atomic E-state index is -0.311. The molecule has 0 spiro atoms. The van der Waals surface area contributed by atoms with E-state index in [2.05, 4.69) is 15.7 Å². The number of aromatic nitrogens is 2. The lowest BCUT2D eigenvalue weighted by Gasteiger charge is -2.08. The first kappa shape index (κ1) is 17.5. The fourth-order valence-electron chi connectivity index (χ4n) is 2.27. The van der Waals surface area contributed by atoms with Crippen LogP contribution in [-0.4, -0.2) is 35.2 Å². The molecule has 0 fully saturated rings. The minimum Gasteiger partial charge on any atom is -0.497 e. The molecule has 0 aliphatic carbocycles. The average molecular weight is 330 g/mol. The number of methoxy groups -OCH3 is 1. The Bertz CT molecular complexity index is 724. The van der Waals surface area contributed by atoms with Crippen LogP contribution in [0.3, 0.4) is 0 Å². The molecule has 2 aromatic rings. The highest BCUT2D eigenvalue weighted by Crippen LogP contribution is 2.12. The normalized spacial score (nSPS) is 10.3. The summed E-state index contributed by atoms with van der Waals surface area (Å²) in [6.45, 7) is 4.61. The van der Waals surface area contributed by atoms with E-state index in [-0.39, 0.29) is 18.4 Å². The molecular weight excluding hydrogens is 308 g/mol. The van der Waals surface area contributed by atoms with Crippen LogP contribution in [0.4, 0.5) is 0 Å². The monoisotopic (exact) mass is 330 g/mol. The molecule has 7 nitrogen and oxygen atoms in total. The molecule has 1 heterocycles. The molecular formula is C17H22N4O3. The summed E-state index contributed by atoms with van der Waals surface area (Å²) in [5.74, 6) is 0.165. The molecule has 0 bridgehead atoms. The van der Waals surface area contributed by atoms with E-state index < -0.39 is 0 Å². The first-order valence-electron chi connectivity index (χ1n) is 7.75. The molecule has 0 aliphatic heterocycles. The van der Waals surface area contributed by atoms with Crippen molar-refractivity contribution in [3.8, 4) is 5.75 Å². The Morgan fingerprint density at radius 2 is 2.04 bits per heavy atom. The molecule has 1 aromatic carbocycles. The van der Waals surface area contributed by atoms with Crippen LogP contribution in [0.2, 0.25) is 0 Å². The number of nitrogens with zero attached hydrogens (tertiary/aromatic N) is 2. The maximum atomic E-state index is 12.1. The number of rotatable bonds is 7. The lowest BCUT2D eigenvalue weighted by molar-refractivity contribution is -0.120. The summed E-state index contributed by atoms with van der Waals surface area (Å²) in [7, 11) is 1.59. The SMILES string of the molecule is CCn1nc(C)cc1C(=O)NCC(=O)NCc1cccc(OC)c1. The number of hydrogen-bond donors (Lipinski definition) is 2. The van der Waals surface area contributed by atoms with E-state index in [0.717, 1.165) is 17.0 Å². The zero-order chi connectivity index (χ0) is 17.5. The van der Waals surface area contributed by atoms with E-state index in [0.29, 0.717) is 18.8 Å². The van der Waals surface area contributed by atoms with Gasteiger partial charge in [0.15, 0.2) is 0 Å². The van der Waals surface area contributed by atoms with Crippen molar-refractivity contribution in [2.45, 2.75) is 26.9 Å². The van der Waals surface area contributed by atoms with Crippen molar-refractivity contribution >= 4 is 11.8 Å². The molecule has 1 aromatic heterocycles. The van der Waals surface area contributed by atoms with E-state index in [1.165, 1.54) is 0 Å². The second-order valence-corrected chi connectivity index (χ2v) is 5.30. The molecule has 0 aliphatic rings. The minimum absolute atomic E-state index is 0.0866. The van der Waals surface area contributed by atoms with Gasteiger partial charge >= 0.3 is 0 Å². The van der Waals surface area contributed by atoms with Crippen molar-refractivity contribution in [3.05, 3.63) is 47.3 Å². The van der Waals surface area contributed by atoms with Crippen molar-refractivity contribution < 1.29 is 14.3 Å². The Hall–Kier alpha value is -2.83. The Balaban J connectivity index is 1.83. The van der Waals surface area contributed by atoms with Gasteiger partial charge in [-0.2, -0.15) is 5.10 Å². The van der Waals surface area contributed by atoms with E-state index in [9.17, 15) is 9.59 Å². The lowest BCUT2D eigenvalue weighted by Crippen LogP contribution is -2.37. The first-order valence-corrected chi connectivity index (χ1v) is 7.75. The Morgan fingerprint density at radius 1 is 1.25 bits per heavy atom. The predicted octanol–water partition coefficient (Wildman–Crippen LogP) is 1.27. The van der Waals surface area contributed by atoms with Gasteiger partial charge in [-0.15, -0.1) is 0 Å². The molecule has 0 radical (unpaired) electrons. The molecule has 2 amide bonds. The van der Waals surface area contributed by atoms with E-state index in [1.807, 2.05) is 38.1 Å². The number of carbonyl (C=O) groups is 2. The highest BCUT2D eigenvalue weighted by molar-refractivity contribution is 5.95. The third kappa shape index (κ3) is 4.58. The van der Waals surface area contributed by atoms with Crippen LogP contribution in [0, 0.1) is 6.92 Å². The summed E-state index contributed by atoms with van der Waals surface area (Å²) in [6, 6.07) is 9.14. The van der Waals surface area contributed by atoms with Crippen molar-refractivity contribution in [3.63, 3.8) is 0 Å². The van der Waals surface area contributed by atoms with Gasteiger partial charge in [0.2, 0.25) is 5.91 Å². The third-order valence-corrected chi connectivity index (χ3v) is 3.47. The molecule has 0 atom stereocenters. The van der Waals surface area contributed by atoms with Crippen LogP contribution in [0.15, 0.2) is 30.3 Å². The first-order chi connectivity index (χ1) is 11.5. The van der Waals surface area contributed by atoms with E-state index >= 15 is 0 Å². The molecule has 0 saturated heterocycles. The summed E-state index contributed by atoms with van der Waals surface area (Å²) < 4.78 is 6.75. The van der Waals surface area contributed by atoms with Gasteiger partial charge in [-0.05, 0) is 37.6 Å². The summed E-state index contributed by atoms with van der Waals surface area (Å²) in [4.78, 5) is 24.0. The number of carbonyl (C=O) groups excluding carboxylic acids is 2. The summed E-state index contributed by atoms with van der Waals surface area (Å²) in [6.07, 6.45) is 0. The van der Waals surface area contributed by atoms with Crippen molar-refractivity contribution in [1.29, 1.82) is 0 Å². The van der Waals surface area contributed by atoms with Gasteiger partial charge < -0.3 is 15.4 Å². The fourth-order valence-corrected chi connectivity index (χ4v) is 2.27. The Kier molecular flexibility index (Phi) is 5.95. The molecule has 2 rings (SSSR count). The van der Waals surface area contributed by atoms with Crippen molar-refractivity contribution in [2.75, 3.05) is 13.7 Å². The van der Waals surface area contributed by atoms with E-state index in [1.54, 1.807) is 17.9 Å². The number of hydrogen-bond acceptors (Lipinski definition) is 4. The summed E-state index contributed by atoms with van der Waals surface area (Å²) in [5.41, 5.74) is 2.15. The third-order valence-electron chi connectivity index (χ3n) is 3.47. The topological polar surface area (TPSA) is 85.2 Å². The highest BCUT2D eigenvalue weighted by atomic mass is 16.5. The number of benzene rings is 1. The van der Waals surface area contributed by atoms with Crippen LogP contribution >= 0.6 is 0 Å². The van der Waals surface area contributed by atoms with Crippen LogP contribution < -0.4 is 15.4 Å². The molecule has 24 heavy (non-hydrogen) atoms. The second kappa shape index (κ2) is 8.14. The van der Waals surface area contributed by atoms with Gasteiger partial charge in [-0.1, -0.05) is 12.1 Å². The highest BCUT2D eigenvalue weighted by Gasteiger charge is 2.13. The van der Waals surface area contributed by atoms with Crippen LogP contribution in [-0.2, 0) is 17.9 Å². The largest absolute Gasteiger partial charge is 0.497 e. The Labute approximate surface area is 141 Å². The van der Waals surface area contributed by atoms with Gasteiger partial charge in [0.25, 0.3) is 5.91 Å². The van der Waals surface area contributed by atoms with Gasteiger partial charge in [0.05, 0.1) is 19.3 Å². The lowest BCUT2D eigenvalue weighted by atomic mass is 10.2. The van der Waals surface area contributed by atoms with Crippen LogP contribution in [0.25, 0.3) is 0 Å². The zero-order valence-electron chi connectivity index (χ0n) is 14.1. The van der Waals surface area contributed by atoms with Gasteiger partial charge in [0.1, 0.15) is 11.4 Å². The fraction of sp³-hybridized carbons (Fsp3) is 0.353.